The number of rotatable bonds is 3. The molecule has 88 valence electrons. The van der Waals surface area contributed by atoms with E-state index in [1.165, 1.54) is 24.0 Å². The zero-order valence-corrected chi connectivity index (χ0v) is 10.1. The SMILES string of the molecule is CCc1cc(C2CCCNC2)cnc1OC. The van der Waals surface area contributed by atoms with Gasteiger partial charge in [-0.05, 0) is 43.4 Å². The summed E-state index contributed by atoms with van der Waals surface area (Å²) in [7, 11) is 1.68. The molecule has 0 bridgehead atoms. The summed E-state index contributed by atoms with van der Waals surface area (Å²) in [5.41, 5.74) is 2.57. The Labute approximate surface area is 97.2 Å². The van der Waals surface area contributed by atoms with E-state index in [9.17, 15) is 0 Å². The van der Waals surface area contributed by atoms with Crippen LogP contribution in [0.4, 0.5) is 0 Å². The molecule has 1 fully saturated rings. The van der Waals surface area contributed by atoms with Crippen LogP contribution in [-0.4, -0.2) is 25.2 Å². The van der Waals surface area contributed by atoms with Crippen molar-refractivity contribution >= 4 is 0 Å². The summed E-state index contributed by atoms with van der Waals surface area (Å²) in [6.45, 7) is 4.38. The number of pyridine rings is 1. The van der Waals surface area contributed by atoms with E-state index in [-0.39, 0.29) is 0 Å². The molecule has 1 saturated heterocycles. The number of nitrogens with zero attached hydrogens (tertiary/aromatic N) is 1. The molecule has 1 aliphatic heterocycles. The Balaban J connectivity index is 2.20. The molecular weight excluding hydrogens is 200 g/mol. The standard InChI is InChI=1S/C13H20N2O/c1-3-10-7-12(9-15-13(10)16-2)11-5-4-6-14-8-11/h7,9,11,14H,3-6,8H2,1-2H3. The molecule has 1 N–H and O–H groups in total. The monoisotopic (exact) mass is 220 g/mol. The van der Waals surface area contributed by atoms with Crippen molar-refractivity contribution < 1.29 is 4.74 Å². The Hall–Kier alpha value is -1.09. The van der Waals surface area contributed by atoms with E-state index in [0.717, 1.165) is 25.4 Å². The molecule has 2 rings (SSSR count). The summed E-state index contributed by atoms with van der Waals surface area (Å²) in [4.78, 5) is 4.39. The maximum absolute atomic E-state index is 5.25. The summed E-state index contributed by atoms with van der Waals surface area (Å²) in [5, 5.41) is 3.44. The fourth-order valence-electron chi connectivity index (χ4n) is 2.31. The third-order valence-corrected chi connectivity index (χ3v) is 3.29. The molecule has 1 unspecified atom stereocenters. The first-order chi connectivity index (χ1) is 7.85. The van der Waals surface area contributed by atoms with Gasteiger partial charge in [0.05, 0.1) is 7.11 Å². The fraction of sp³-hybridized carbons (Fsp3) is 0.615. The van der Waals surface area contributed by atoms with Crippen LogP contribution >= 0.6 is 0 Å². The molecule has 0 amide bonds. The lowest BCUT2D eigenvalue weighted by Gasteiger charge is -2.23. The zero-order valence-electron chi connectivity index (χ0n) is 10.1. The summed E-state index contributed by atoms with van der Waals surface area (Å²) in [6, 6.07) is 2.25. The van der Waals surface area contributed by atoms with Crippen molar-refractivity contribution in [1.29, 1.82) is 0 Å². The second-order valence-corrected chi connectivity index (χ2v) is 4.33. The molecule has 16 heavy (non-hydrogen) atoms. The summed E-state index contributed by atoms with van der Waals surface area (Å²) in [6.07, 6.45) is 5.47. The van der Waals surface area contributed by atoms with E-state index in [0.29, 0.717) is 5.92 Å². The van der Waals surface area contributed by atoms with Crippen LogP contribution in [0.3, 0.4) is 0 Å². The molecule has 1 aromatic rings. The molecule has 0 aromatic carbocycles. The highest BCUT2D eigenvalue weighted by molar-refractivity contribution is 5.32. The molecule has 1 aliphatic rings. The number of hydrogen-bond donors (Lipinski definition) is 1. The maximum atomic E-state index is 5.25. The Morgan fingerprint density at radius 1 is 1.56 bits per heavy atom. The maximum Gasteiger partial charge on any atom is 0.216 e. The normalized spacial score (nSPS) is 20.8. The lowest BCUT2D eigenvalue weighted by Crippen LogP contribution is -2.28. The van der Waals surface area contributed by atoms with Gasteiger partial charge in [0.1, 0.15) is 0 Å². The Bertz CT molecular complexity index is 346. The first kappa shape index (κ1) is 11.4. The van der Waals surface area contributed by atoms with Crippen LogP contribution in [-0.2, 0) is 6.42 Å². The average molecular weight is 220 g/mol. The lowest BCUT2D eigenvalue weighted by molar-refractivity contribution is 0.391. The topological polar surface area (TPSA) is 34.2 Å². The van der Waals surface area contributed by atoms with Crippen LogP contribution < -0.4 is 10.1 Å². The average Bonchev–Trinajstić information content (AvgIpc) is 2.39. The van der Waals surface area contributed by atoms with E-state index in [4.69, 9.17) is 4.74 Å². The van der Waals surface area contributed by atoms with Gasteiger partial charge in [0.2, 0.25) is 5.88 Å². The van der Waals surface area contributed by atoms with Gasteiger partial charge < -0.3 is 10.1 Å². The molecule has 3 nitrogen and oxygen atoms in total. The van der Waals surface area contributed by atoms with Crippen LogP contribution in [0.1, 0.15) is 36.8 Å². The van der Waals surface area contributed by atoms with Crippen molar-refractivity contribution in [2.45, 2.75) is 32.1 Å². The highest BCUT2D eigenvalue weighted by Gasteiger charge is 2.16. The van der Waals surface area contributed by atoms with Gasteiger partial charge in [-0.2, -0.15) is 0 Å². The van der Waals surface area contributed by atoms with E-state index >= 15 is 0 Å². The number of piperidine rings is 1. The van der Waals surface area contributed by atoms with E-state index < -0.39 is 0 Å². The van der Waals surface area contributed by atoms with Gasteiger partial charge in [-0.15, -0.1) is 0 Å². The summed E-state index contributed by atoms with van der Waals surface area (Å²) >= 11 is 0. The second kappa shape index (κ2) is 5.30. The van der Waals surface area contributed by atoms with Gasteiger partial charge in [-0.25, -0.2) is 4.98 Å². The molecule has 0 spiro atoms. The van der Waals surface area contributed by atoms with Crippen molar-refractivity contribution in [3.8, 4) is 5.88 Å². The summed E-state index contributed by atoms with van der Waals surface area (Å²) < 4.78 is 5.25. The van der Waals surface area contributed by atoms with Crippen molar-refractivity contribution in [3.05, 3.63) is 23.4 Å². The highest BCUT2D eigenvalue weighted by Crippen LogP contribution is 2.26. The predicted octanol–water partition coefficient (Wildman–Crippen LogP) is 2.12. The minimum Gasteiger partial charge on any atom is -0.481 e. The smallest absolute Gasteiger partial charge is 0.216 e. The molecule has 0 saturated carbocycles. The molecular formula is C13H20N2O. The van der Waals surface area contributed by atoms with Gasteiger partial charge >= 0.3 is 0 Å². The molecule has 0 aliphatic carbocycles. The van der Waals surface area contributed by atoms with Crippen LogP contribution in [0, 0.1) is 0 Å². The van der Waals surface area contributed by atoms with Crippen LogP contribution in [0.2, 0.25) is 0 Å². The third kappa shape index (κ3) is 2.35. The predicted molar refractivity (Wildman–Crippen MR) is 65.0 cm³/mol. The van der Waals surface area contributed by atoms with Gasteiger partial charge in [-0.1, -0.05) is 6.92 Å². The zero-order chi connectivity index (χ0) is 11.4. The quantitative estimate of drug-likeness (QED) is 0.847. The minimum atomic E-state index is 0.623. The molecule has 0 radical (unpaired) electrons. The third-order valence-electron chi connectivity index (χ3n) is 3.29. The number of methoxy groups -OCH3 is 1. The van der Waals surface area contributed by atoms with Crippen LogP contribution in [0.25, 0.3) is 0 Å². The van der Waals surface area contributed by atoms with Crippen LogP contribution in [0.5, 0.6) is 5.88 Å². The molecule has 3 heteroatoms. The number of hydrogen-bond acceptors (Lipinski definition) is 3. The number of aryl methyl sites for hydroxylation is 1. The minimum absolute atomic E-state index is 0.623. The number of nitrogens with one attached hydrogen (secondary N) is 1. The van der Waals surface area contributed by atoms with Crippen LogP contribution in [0.15, 0.2) is 12.3 Å². The molecule has 1 aromatic heterocycles. The van der Waals surface area contributed by atoms with E-state index in [1.54, 1.807) is 7.11 Å². The number of aromatic nitrogens is 1. The van der Waals surface area contributed by atoms with Crippen molar-refractivity contribution in [2.24, 2.45) is 0 Å². The van der Waals surface area contributed by atoms with E-state index in [2.05, 4.69) is 23.3 Å². The Morgan fingerprint density at radius 3 is 3.06 bits per heavy atom. The first-order valence-corrected chi connectivity index (χ1v) is 6.08. The van der Waals surface area contributed by atoms with Crippen molar-refractivity contribution in [3.63, 3.8) is 0 Å². The van der Waals surface area contributed by atoms with Gasteiger partial charge in [0.25, 0.3) is 0 Å². The number of ether oxygens (including phenoxy) is 1. The second-order valence-electron chi connectivity index (χ2n) is 4.33. The van der Waals surface area contributed by atoms with Gasteiger partial charge in [0, 0.05) is 18.3 Å². The summed E-state index contributed by atoms with van der Waals surface area (Å²) in [5.74, 6) is 1.40. The van der Waals surface area contributed by atoms with Crippen molar-refractivity contribution in [1.82, 2.24) is 10.3 Å². The molecule has 2 heterocycles. The van der Waals surface area contributed by atoms with Crippen molar-refractivity contribution in [2.75, 3.05) is 20.2 Å². The Kier molecular flexibility index (Phi) is 3.78. The highest BCUT2D eigenvalue weighted by atomic mass is 16.5. The largest absolute Gasteiger partial charge is 0.481 e. The first-order valence-electron chi connectivity index (χ1n) is 6.08. The Morgan fingerprint density at radius 2 is 2.44 bits per heavy atom. The molecule has 1 atom stereocenters. The lowest BCUT2D eigenvalue weighted by atomic mass is 9.92. The van der Waals surface area contributed by atoms with Gasteiger partial charge in [0.15, 0.2) is 0 Å². The van der Waals surface area contributed by atoms with E-state index in [1.807, 2.05) is 6.20 Å². The van der Waals surface area contributed by atoms with Gasteiger partial charge in [-0.3, -0.25) is 0 Å². The fourth-order valence-corrected chi connectivity index (χ4v) is 2.31.